The molecule has 1 N–H and O–H groups in total. The van der Waals surface area contributed by atoms with Gasteiger partial charge in [0.25, 0.3) is 10.0 Å². The maximum Gasteiger partial charge on any atom is 0.264 e. The second kappa shape index (κ2) is 13.8. The van der Waals surface area contributed by atoms with Crippen LogP contribution in [0.25, 0.3) is 0 Å². The molecule has 214 valence electrons. The normalized spacial score (nSPS) is 12.8. The highest BCUT2D eigenvalue weighted by molar-refractivity contribution is 7.92. The van der Waals surface area contributed by atoms with Crippen LogP contribution in [0.3, 0.4) is 0 Å². The van der Waals surface area contributed by atoms with Crippen molar-refractivity contribution in [1.82, 2.24) is 10.2 Å². The van der Waals surface area contributed by atoms with E-state index in [9.17, 15) is 18.0 Å². The van der Waals surface area contributed by atoms with Crippen molar-refractivity contribution >= 4 is 39.1 Å². The Bertz CT molecular complexity index is 1410. The van der Waals surface area contributed by atoms with Gasteiger partial charge in [0.2, 0.25) is 11.8 Å². The molecule has 0 saturated carbocycles. The Morgan fingerprint density at radius 1 is 0.925 bits per heavy atom. The molecular weight excluding hydrogens is 546 g/mol. The molecule has 2 unspecified atom stereocenters. The van der Waals surface area contributed by atoms with Gasteiger partial charge in [-0.3, -0.25) is 13.9 Å². The summed E-state index contributed by atoms with van der Waals surface area (Å²) in [4.78, 5) is 29.0. The number of nitrogens with zero attached hydrogens (tertiary/aromatic N) is 2. The Balaban J connectivity index is 2.08. The summed E-state index contributed by atoms with van der Waals surface area (Å²) in [6.07, 6.45) is 1.11. The van der Waals surface area contributed by atoms with E-state index in [1.165, 1.54) is 17.0 Å². The van der Waals surface area contributed by atoms with Gasteiger partial charge in [-0.15, -0.1) is 0 Å². The second-order valence-corrected chi connectivity index (χ2v) is 12.3. The van der Waals surface area contributed by atoms with Gasteiger partial charge in [-0.1, -0.05) is 73.5 Å². The second-order valence-electron chi connectivity index (χ2n) is 10.0. The number of sulfonamides is 1. The zero-order valence-electron chi connectivity index (χ0n) is 23.7. The van der Waals surface area contributed by atoms with Crippen molar-refractivity contribution in [3.63, 3.8) is 0 Å². The van der Waals surface area contributed by atoms with E-state index in [1.54, 1.807) is 37.3 Å². The highest BCUT2D eigenvalue weighted by atomic mass is 35.5. The zero-order chi connectivity index (χ0) is 29.4. The van der Waals surface area contributed by atoms with Gasteiger partial charge < -0.3 is 10.2 Å². The average molecular weight is 584 g/mol. The van der Waals surface area contributed by atoms with Crippen molar-refractivity contribution in [1.29, 1.82) is 0 Å². The molecule has 40 heavy (non-hydrogen) atoms. The Morgan fingerprint density at radius 2 is 1.57 bits per heavy atom. The Labute approximate surface area is 243 Å². The van der Waals surface area contributed by atoms with Crippen molar-refractivity contribution in [3.8, 4) is 0 Å². The van der Waals surface area contributed by atoms with E-state index < -0.39 is 28.5 Å². The summed E-state index contributed by atoms with van der Waals surface area (Å²) < 4.78 is 29.1. The standard InChI is InChI=1S/C31H38ClN3O4S/c1-6-24(5)33-31(37)28(7-2)34(20-25-11-9-8-10-12-25)30(36)21-35(29-18-15-26(32)19-23(29)4)40(38,39)27-16-13-22(3)14-17-27/h8-19,24,28H,6-7,20-21H2,1-5H3,(H,33,37). The fourth-order valence-electron chi connectivity index (χ4n) is 4.39. The maximum absolute atomic E-state index is 14.1. The van der Waals surface area contributed by atoms with E-state index in [-0.39, 0.29) is 23.4 Å². The molecule has 0 saturated heterocycles. The number of nitrogens with one attached hydrogen (secondary N) is 1. The number of halogens is 1. The van der Waals surface area contributed by atoms with E-state index in [4.69, 9.17) is 11.6 Å². The van der Waals surface area contributed by atoms with Crippen molar-refractivity contribution in [2.45, 2.75) is 71.0 Å². The van der Waals surface area contributed by atoms with Crippen molar-refractivity contribution in [2.75, 3.05) is 10.8 Å². The lowest BCUT2D eigenvalue weighted by Crippen LogP contribution is -2.53. The van der Waals surface area contributed by atoms with Gasteiger partial charge in [-0.25, -0.2) is 8.42 Å². The van der Waals surface area contributed by atoms with Gasteiger partial charge in [0.1, 0.15) is 12.6 Å². The molecule has 0 aliphatic heterocycles. The molecule has 0 radical (unpaired) electrons. The van der Waals surface area contributed by atoms with Gasteiger partial charge in [0.05, 0.1) is 10.6 Å². The molecule has 0 bridgehead atoms. The van der Waals surface area contributed by atoms with Crippen LogP contribution in [-0.4, -0.2) is 43.8 Å². The van der Waals surface area contributed by atoms with Gasteiger partial charge >= 0.3 is 0 Å². The number of hydrogen-bond acceptors (Lipinski definition) is 4. The van der Waals surface area contributed by atoms with Crippen LogP contribution < -0.4 is 9.62 Å². The zero-order valence-corrected chi connectivity index (χ0v) is 25.3. The number of benzene rings is 3. The van der Waals surface area contributed by atoms with E-state index >= 15 is 0 Å². The first-order chi connectivity index (χ1) is 19.0. The first kappa shape index (κ1) is 31.2. The van der Waals surface area contributed by atoms with Crippen LogP contribution >= 0.6 is 11.6 Å². The smallest absolute Gasteiger partial charge is 0.264 e. The van der Waals surface area contributed by atoms with E-state index in [0.717, 1.165) is 21.9 Å². The third kappa shape index (κ3) is 7.64. The van der Waals surface area contributed by atoms with Gasteiger partial charge in [-0.2, -0.15) is 0 Å². The summed E-state index contributed by atoms with van der Waals surface area (Å²) in [6, 6.07) is 19.9. The molecule has 0 spiro atoms. The largest absolute Gasteiger partial charge is 0.352 e. The van der Waals surface area contributed by atoms with Crippen molar-refractivity contribution in [2.24, 2.45) is 0 Å². The topological polar surface area (TPSA) is 86.8 Å². The first-order valence-corrected chi connectivity index (χ1v) is 15.3. The fourth-order valence-corrected chi connectivity index (χ4v) is 6.10. The number of carbonyl (C=O) groups is 2. The molecule has 0 heterocycles. The molecule has 2 amide bonds. The van der Waals surface area contributed by atoms with Crippen LogP contribution in [-0.2, 0) is 26.2 Å². The quantitative estimate of drug-likeness (QED) is 0.289. The molecular formula is C31H38ClN3O4S. The number of aryl methyl sites for hydroxylation is 2. The molecule has 2 atom stereocenters. The minimum absolute atomic E-state index is 0.0645. The maximum atomic E-state index is 14.1. The summed E-state index contributed by atoms with van der Waals surface area (Å²) in [5.74, 6) is -0.753. The van der Waals surface area contributed by atoms with Gasteiger partial charge in [0.15, 0.2) is 0 Å². The van der Waals surface area contributed by atoms with Crippen LogP contribution in [0.15, 0.2) is 77.7 Å². The highest BCUT2D eigenvalue weighted by Gasteiger charge is 2.34. The molecule has 3 aromatic carbocycles. The Kier molecular flexibility index (Phi) is 10.8. The Hall–Kier alpha value is -3.36. The van der Waals surface area contributed by atoms with Crippen LogP contribution in [0, 0.1) is 13.8 Å². The Morgan fingerprint density at radius 3 is 2.15 bits per heavy atom. The van der Waals surface area contributed by atoms with Crippen LogP contribution in [0.1, 0.15) is 50.3 Å². The lowest BCUT2D eigenvalue weighted by molar-refractivity contribution is -0.140. The van der Waals surface area contributed by atoms with E-state index in [1.807, 2.05) is 58.0 Å². The SMILES string of the molecule is CCC(C)NC(=O)C(CC)N(Cc1ccccc1)C(=O)CN(c1ccc(Cl)cc1C)S(=O)(=O)c1ccc(C)cc1. The first-order valence-electron chi connectivity index (χ1n) is 13.5. The monoisotopic (exact) mass is 583 g/mol. The third-order valence-corrected chi connectivity index (χ3v) is 8.91. The van der Waals surface area contributed by atoms with Crippen LogP contribution in [0.5, 0.6) is 0 Å². The predicted octanol–water partition coefficient (Wildman–Crippen LogP) is 5.87. The number of anilines is 1. The van der Waals surface area contributed by atoms with E-state index in [2.05, 4.69) is 5.32 Å². The number of amides is 2. The van der Waals surface area contributed by atoms with Crippen LogP contribution in [0.4, 0.5) is 5.69 Å². The lowest BCUT2D eigenvalue weighted by Gasteiger charge is -2.34. The summed E-state index contributed by atoms with van der Waals surface area (Å²) in [6.45, 7) is 9.02. The fraction of sp³-hybridized carbons (Fsp3) is 0.355. The molecule has 0 fully saturated rings. The number of rotatable bonds is 12. The molecule has 0 aliphatic rings. The number of hydrogen-bond donors (Lipinski definition) is 1. The summed E-state index contributed by atoms with van der Waals surface area (Å²) >= 11 is 6.18. The van der Waals surface area contributed by atoms with Gasteiger partial charge in [-0.05, 0) is 75.1 Å². The molecule has 9 heteroatoms. The molecule has 0 aliphatic carbocycles. The minimum atomic E-state index is -4.14. The minimum Gasteiger partial charge on any atom is -0.352 e. The lowest BCUT2D eigenvalue weighted by atomic mass is 10.1. The van der Waals surface area contributed by atoms with Crippen molar-refractivity contribution < 1.29 is 18.0 Å². The predicted molar refractivity (Wildman–Crippen MR) is 161 cm³/mol. The third-order valence-electron chi connectivity index (χ3n) is 6.90. The molecule has 3 rings (SSSR count). The highest BCUT2D eigenvalue weighted by Crippen LogP contribution is 2.29. The van der Waals surface area contributed by atoms with Crippen molar-refractivity contribution in [3.05, 3.63) is 94.5 Å². The van der Waals surface area contributed by atoms with E-state index in [0.29, 0.717) is 22.7 Å². The summed E-state index contributed by atoms with van der Waals surface area (Å²) in [5, 5.41) is 3.44. The molecule has 7 nitrogen and oxygen atoms in total. The summed E-state index contributed by atoms with van der Waals surface area (Å²) in [5.41, 5.74) is 2.69. The van der Waals surface area contributed by atoms with Gasteiger partial charge in [0, 0.05) is 17.6 Å². The summed E-state index contributed by atoms with van der Waals surface area (Å²) in [7, 11) is -4.14. The average Bonchev–Trinajstić information content (AvgIpc) is 2.92. The number of carbonyl (C=O) groups excluding carboxylic acids is 2. The molecule has 0 aromatic heterocycles. The van der Waals surface area contributed by atoms with Crippen LogP contribution in [0.2, 0.25) is 5.02 Å². The molecule has 3 aromatic rings.